The first-order chi connectivity index (χ1) is 12.5. The summed E-state index contributed by atoms with van der Waals surface area (Å²) in [5.41, 5.74) is 4.16. The maximum absolute atomic E-state index is 12.2. The monoisotopic (exact) mass is 365 g/mol. The summed E-state index contributed by atoms with van der Waals surface area (Å²) in [6.07, 6.45) is 0.158. The maximum atomic E-state index is 12.2. The molecule has 132 valence electrons. The van der Waals surface area contributed by atoms with Gasteiger partial charge in [0.05, 0.1) is 12.1 Å². The molecule has 0 fully saturated rings. The average molecular weight is 365 g/mol. The van der Waals surface area contributed by atoms with Crippen molar-refractivity contribution in [2.75, 3.05) is 10.6 Å². The molecule has 6 heteroatoms. The molecular weight excluding hydrogens is 346 g/mol. The lowest BCUT2D eigenvalue weighted by Gasteiger charge is -2.08. The Bertz CT molecular complexity index is 935. The van der Waals surface area contributed by atoms with E-state index in [1.807, 2.05) is 38.1 Å². The van der Waals surface area contributed by atoms with E-state index < -0.39 is 0 Å². The van der Waals surface area contributed by atoms with Gasteiger partial charge in [0.15, 0.2) is 5.13 Å². The van der Waals surface area contributed by atoms with Crippen molar-refractivity contribution >= 4 is 34.0 Å². The molecule has 0 atom stereocenters. The SMILES string of the molecule is Cc1ccc(NC(=O)Cc2csc(NC(=O)c3ccccc3)n2)c(C)c1. The van der Waals surface area contributed by atoms with E-state index in [1.165, 1.54) is 11.3 Å². The van der Waals surface area contributed by atoms with Crippen molar-refractivity contribution in [1.29, 1.82) is 0 Å². The van der Waals surface area contributed by atoms with Crippen molar-refractivity contribution in [2.45, 2.75) is 20.3 Å². The number of rotatable bonds is 5. The van der Waals surface area contributed by atoms with Gasteiger partial charge in [0.25, 0.3) is 5.91 Å². The zero-order chi connectivity index (χ0) is 18.5. The van der Waals surface area contributed by atoms with Crippen LogP contribution in [0.5, 0.6) is 0 Å². The van der Waals surface area contributed by atoms with Gasteiger partial charge >= 0.3 is 0 Å². The fraction of sp³-hybridized carbons (Fsp3) is 0.150. The van der Waals surface area contributed by atoms with Crippen molar-refractivity contribution < 1.29 is 9.59 Å². The molecular formula is C20H19N3O2S. The van der Waals surface area contributed by atoms with Gasteiger partial charge in [0.1, 0.15) is 0 Å². The zero-order valence-electron chi connectivity index (χ0n) is 14.6. The summed E-state index contributed by atoms with van der Waals surface area (Å²) in [5, 5.41) is 7.91. The second-order valence-corrected chi connectivity index (χ2v) is 6.87. The van der Waals surface area contributed by atoms with Crippen LogP contribution in [-0.4, -0.2) is 16.8 Å². The van der Waals surface area contributed by atoms with Gasteiger partial charge in [-0.3, -0.25) is 14.9 Å². The lowest BCUT2D eigenvalue weighted by molar-refractivity contribution is -0.115. The number of carbonyl (C=O) groups is 2. The molecule has 0 saturated heterocycles. The van der Waals surface area contributed by atoms with E-state index in [4.69, 9.17) is 0 Å². The molecule has 2 aromatic carbocycles. The van der Waals surface area contributed by atoms with E-state index in [2.05, 4.69) is 15.6 Å². The number of hydrogen-bond acceptors (Lipinski definition) is 4. The Hall–Kier alpha value is -2.99. The number of aryl methyl sites for hydroxylation is 2. The largest absolute Gasteiger partial charge is 0.326 e. The van der Waals surface area contributed by atoms with E-state index in [0.29, 0.717) is 16.4 Å². The third-order valence-electron chi connectivity index (χ3n) is 3.81. The van der Waals surface area contributed by atoms with Gasteiger partial charge in [0.2, 0.25) is 5.91 Å². The Morgan fingerprint density at radius 3 is 2.54 bits per heavy atom. The first-order valence-corrected chi connectivity index (χ1v) is 9.07. The van der Waals surface area contributed by atoms with Crippen LogP contribution in [0.15, 0.2) is 53.9 Å². The van der Waals surface area contributed by atoms with Crippen LogP contribution < -0.4 is 10.6 Å². The molecule has 0 aliphatic carbocycles. The molecule has 2 amide bonds. The smallest absolute Gasteiger partial charge is 0.257 e. The number of thiazole rings is 1. The Labute approximate surface area is 156 Å². The summed E-state index contributed by atoms with van der Waals surface area (Å²) >= 11 is 1.30. The average Bonchev–Trinajstić information content (AvgIpc) is 3.05. The van der Waals surface area contributed by atoms with Crippen molar-refractivity contribution in [2.24, 2.45) is 0 Å². The zero-order valence-corrected chi connectivity index (χ0v) is 15.4. The van der Waals surface area contributed by atoms with E-state index in [0.717, 1.165) is 16.8 Å². The number of amides is 2. The van der Waals surface area contributed by atoms with Gasteiger partial charge in [-0.25, -0.2) is 4.98 Å². The highest BCUT2D eigenvalue weighted by Crippen LogP contribution is 2.19. The Kier molecular flexibility index (Phi) is 5.43. The standard InChI is InChI=1S/C20H19N3O2S/c1-13-8-9-17(14(2)10-13)22-18(24)11-16-12-26-20(21-16)23-19(25)15-6-4-3-5-7-15/h3-10,12H,11H2,1-2H3,(H,22,24)(H,21,23,25). The van der Waals surface area contributed by atoms with Crippen LogP contribution >= 0.6 is 11.3 Å². The summed E-state index contributed by atoms with van der Waals surface area (Å²) < 4.78 is 0. The molecule has 3 rings (SSSR count). The van der Waals surface area contributed by atoms with Gasteiger partial charge in [-0.15, -0.1) is 11.3 Å². The minimum absolute atomic E-state index is 0.136. The number of anilines is 2. The van der Waals surface area contributed by atoms with Gasteiger partial charge in [-0.2, -0.15) is 0 Å². The third kappa shape index (κ3) is 4.55. The molecule has 0 aliphatic rings. The molecule has 0 radical (unpaired) electrons. The van der Waals surface area contributed by atoms with E-state index in [9.17, 15) is 9.59 Å². The fourth-order valence-electron chi connectivity index (χ4n) is 2.52. The normalized spacial score (nSPS) is 10.4. The topological polar surface area (TPSA) is 71.1 Å². The highest BCUT2D eigenvalue weighted by molar-refractivity contribution is 7.14. The van der Waals surface area contributed by atoms with Crippen LogP contribution in [0, 0.1) is 13.8 Å². The molecule has 5 nitrogen and oxygen atoms in total. The lowest BCUT2D eigenvalue weighted by Crippen LogP contribution is -2.16. The van der Waals surface area contributed by atoms with Gasteiger partial charge < -0.3 is 5.32 Å². The summed E-state index contributed by atoms with van der Waals surface area (Å²) in [6.45, 7) is 3.97. The number of nitrogens with zero attached hydrogens (tertiary/aromatic N) is 1. The number of carbonyl (C=O) groups excluding carboxylic acids is 2. The lowest BCUT2D eigenvalue weighted by atomic mass is 10.1. The minimum atomic E-state index is -0.216. The van der Waals surface area contributed by atoms with Crippen LogP contribution in [0.1, 0.15) is 27.2 Å². The molecule has 2 N–H and O–H groups in total. The van der Waals surface area contributed by atoms with Crippen molar-refractivity contribution in [1.82, 2.24) is 4.98 Å². The van der Waals surface area contributed by atoms with Crippen LogP contribution in [0.3, 0.4) is 0 Å². The molecule has 1 heterocycles. The predicted molar refractivity (Wildman–Crippen MR) is 105 cm³/mol. The van der Waals surface area contributed by atoms with Crippen LogP contribution in [0.4, 0.5) is 10.8 Å². The summed E-state index contributed by atoms with van der Waals surface area (Å²) in [5.74, 6) is -0.352. The van der Waals surface area contributed by atoms with Crippen molar-refractivity contribution in [3.8, 4) is 0 Å². The number of benzene rings is 2. The fourth-order valence-corrected chi connectivity index (χ4v) is 3.22. The molecule has 0 aliphatic heterocycles. The quantitative estimate of drug-likeness (QED) is 0.712. The molecule has 3 aromatic rings. The van der Waals surface area contributed by atoms with Crippen LogP contribution in [0.25, 0.3) is 0 Å². The van der Waals surface area contributed by atoms with Crippen LogP contribution in [0.2, 0.25) is 0 Å². The molecule has 1 aromatic heterocycles. The van der Waals surface area contributed by atoms with E-state index >= 15 is 0 Å². The second-order valence-electron chi connectivity index (χ2n) is 6.01. The summed E-state index contributed by atoms with van der Waals surface area (Å²) in [6, 6.07) is 14.8. The third-order valence-corrected chi connectivity index (χ3v) is 4.61. The maximum Gasteiger partial charge on any atom is 0.257 e. The first kappa shape index (κ1) is 17.8. The minimum Gasteiger partial charge on any atom is -0.326 e. The Morgan fingerprint density at radius 1 is 1.04 bits per heavy atom. The Morgan fingerprint density at radius 2 is 1.81 bits per heavy atom. The Balaban J connectivity index is 1.59. The molecule has 0 unspecified atom stereocenters. The molecule has 0 spiro atoms. The van der Waals surface area contributed by atoms with E-state index in [-0.39, 0.29) is 18.2 Å². The molecule has 0 bridgehead atoms. The van der Waals surface area contributed by atoms with Crippen molar-refractivity contribution in [3.05, 3.63) is 76.3 Å². The van der Waals surface area contributed by atoms with Crippen LogP contribution in [-0.2, 0) is 11.2 Å². The molecule has 26 heavy (non-hydrogen) atoms. The number of nitrogens with one attached hydrogen (secondary N) is 2. The highest BCUT2D eigenvalue weighted by atomic mass is 32.1. The second kappa shape index (κ2) is 7.93. The van der Waals surface area contributed by atoms with Gasteiger partial charge in [-0.05, 0) is 37.6 Å². The van der Waals surface area contributed by atoms with Gasteiger partial charge in [-0.1, -0.05) is 35.9 Å². The first-order valence-electron chi connectivity index (χ1n) is 8.19. The molecule has 0 saturated carbocycles. The summed E-state index contributed by atoms with van der Waals surface area (Å²) in [7, 11) is 0. The van der Waals surface area contributed by atoms with Crippen molar-refractivity contribution in [3.63, 3.8) is 0 Å². The predicted octanol–water partition coefficient (Wildman–Crippen LogP) is 4.19. The van der Waals surface area contributed by atoms with E-state index in [1.54, 1.807) is 29.6 Å². The summed E-state index contributed by atoms with van der Waals surface area (Å²) in [4.78, 5) is 28.7. The number of hydrogen-bond donors (Lipinski definition) is 2. The van der Waals surface area contributed by atoms with Gasteiger partial charge in [0, 0.05) is 16.6 Å². The highest BCUT2D eigenvalue weighted by Gasteiger charge is 2.12. The number of aromatic nitrogens is 1.